The number of aromatic hydroxyl groups is 1. The van der Waals surface area contributed by atoms with Crippen LogP contribution in [0, 0.1) is 11.7 Å². The van der Waals surface area contributed by atoms with Gasteiger partial charge in [-0.25, -0.2) is 18.2 Å². The molecule has 2 fully saturated rings. The number of amides is 3. The van der Waals surface area contributed by atoms with Crippen molar-refractivity contribution in [2.75, 3.05) is 13.1 Å². The molecule has 2 atom stereocenters. The Kier molecular flexibility index (Phi) is 5.95. The number of aromatic nitrogens is 2. The number of carbonyl (C=O) groups excluding carboxylic acids is 3. The zero-order valence-corrected chi connectivity index (χ0v) is 19.6. The van der Waals surface area contributed by atoms with Crippen LogP contribution in [0.5, 0.6) is 5.75 Å². The lowest BCUT2D eigenvalue weighted by Crippen LogP contribution is -2.62. The lowest BCUT2D eigenvalue weighted by Gasteiger charge is -2.39. The molecule has 3 amide bonds. The zero-order chi connectivity index (χ0) is 26.5. The van der Waals surface area contributed by atoms with E-state index in [-0.39, 0.29) is 24.8 Å². The van der Waals surface area contributed by atoms with Gasteiger partial charge in [-0.15, -0.1) is 0 Å². The Balaban J connectivity index is 1.44. The van der Waals surface area contributed by atoms with Gasteiger partial charge < -0.3 is 20.6 Å². The lowest BCUT2D eigenvalue weighted by atomic mass is 9.94. The molecular formula is C24H24F3N5O5. The number of rotatable bonds is 4. The van der Waals surface area contributed by atoms with E-state index >= 15 is 0 Å². The van der Waals surface area contributed by atoms with E-state index in [4.69, 9.17) is 0 Å². The molecule has 10 nitrogen and oxygen atoms in total. The summed E-state index contributed by atoms with van der Waals surface area (Å²) in [4.78, 5) is 56.2. The van der Waals surface area contributed by atoms with Crippen LogP contribution in [-0.4, -0.2) is 56.3 Å². The monoisotopic (exact) mass is 519 g/mol. The van der Waals surface area contributed by atoms with Crippen LogP contribution < -0.4 is 16.2 Å². The van der Waals surface area contributed by atoms with Gasteiger partial charge in [0.1, 0.15) is 11.6 Å². The number of nitrogens with zero attached hydrogens (tertiary/aromatic N) is 3. The van der Waals surface area contributed by atoms with Gasteiger partial charge in [-0.1, -0.05) is 12.1 Å². The van der Waals surface area contributed by atoms with Crippen LogP contribution in [0.3, 0.4) is 0 Å². The van der Waals surface area contributed by atoms with Gasteiger partial charge in [-0.2, -0.15) is 0 Å². The molecule has 0 spiro atoms. The molecule has 13 heteroatoms. The molecule has 0 radical (unpaired) electrons. The molecule has 3 N–H and O–H groups in total. The molecule has 2 aliphatic heterocycles. The minimum Gasteiger partial charge on any atom is -0.501 e. The van der Waals surface area contributed by atoms with Gasteiger partial charge in [0.2, 0.25) is 5.75 Å². The number of alkyl halides is 2. The van der Waals surface area contributed by atoms with E-state index in [1.165, 1.54) is 28.8 Å². The average Bonchev–Trinajstić information content (AvgIpc) is 3.18. The Hall–Kier alpha value is -3.90. The van der Waals surface area contributed by atoms with Crippen LogP contribution in [-0.2, 0) is 28.2 Å². The van der Waals surface area contributed by atoms with Gasteiger partial charge in [0, 0.05) is 13.1 Å². The minimum absolute atomic E-state index is 0.0253. The fourth-order valence-corrected chi connectivity index (χ4v) is 5.29. The Morgan fingerprint density at radius 2 is 1.84 bits per heavy atom. The first-order chi connectivity index (χ1) is 17.5. The van der Waals surface area contributed by atoms with Crippen LogP contribution in [0.2, 0.25) is 0 Å². The molecule has 2 bridgehead atoms. The highest BCUT2D eigenvalue weighted by molar-refractivity contribution is 6.35. The number of hydrogen-bond acceptors (Lipinski definition) is 6. The largest absolute Gasteiger partial charge is 0.501 e. The molecule has 1 saturated carbocycles. The van der Waals surface area contributed by atoms with Gasteiger partial charge in [0.15, 0.2) is 5.69 Å². The van der Waals surface area contributed by atoms with Gasteiger partial charge in [-0.05, 0) is 49.3 Å². The smallest absolute Gasteiger partial charge is 0.312 e. The number of benzene rings is 1. The van der Waals surface area contributed by atoms with Crippen molar-refractivity contribution >= 4 is 17.7 Å². The molecule has 1 aliphatic carbocycles. The van der Waals surface area contributed by atoms with Crippen molar-refractivity contribution in [3.8, 4) is 5.75 Å². The maximum Gasteiger partial charge on any atom is 0.312 e. The van der Waals surface area contributed by atoms with E-state index in [1.807, 2.05) is 0 Å². The van der Waals surface area contributed by atoms with E-state index in [2.05, 4.69) is 15.6 Å². The fourth-order valence-electron chi connectivity index (χ4n) is 5.29. The van der Waals surface area contributed by atoms with Crippen molar-refractivity contribution in [3.63, 3.8) is 0 Å². The van der Waals surface area contributed by atoms with Crippen molar-refractivity contribution < 1.29 is 32.7 Å². The molecule has 2 aromatic rings. The molecule has 3 aliphatic rings. The molecule has 1 aromatic heterocycles. The number of nitrogens with one attached hydrogen (secondary N) is 2. The molecule has 37 heavy (non-hydrogen) atoms. The van der Waals surface area contributed by atoms with Crippen LogP contribution in [0.4, 0.5) is 13.2 Å². The van der Waals surface area contributed by atoms with Crippen LogP contribution >= 0.6 is 0 Å². The Bertz CT molecular complexity index is 1340. The number of fused-ring (bicyclic) bond motifs is 4. The second-order valence-electron chi connectivity index (χ2n) is 9.85. The fraction of sp³-hybridized carbons (Fsp3) is 0.458. The van der Waals surface area contributed by atoms with E-state index in [9.17, 15) is 37.5 Å². The first kappa shape index (κ1) is 24.8. The molecule has 1 aromatic carbocycles. The molecule has 3 heterocycles. The van der Waals surface area contributed by atoms with E-state index in [1.54, 1.807) is 0 Å². The summed E-state index contributed by atoms with van der Waals surface area (Å²) in [6.07, 6.45) is 1.84. The second kappa shape index (κ2) is 8.89. The summed E-state index contributed by atoms with van der Waals surface area (Å²) in [6.45, 7) is -1.55. The second-order valence-corrected chi connectivity index (χ2v) is 9.85. The minimum atomic E-state index is -3.04. The molecule has 196 valence electrons. The van der Waals surface area contributed by atoms with E-state index in [0.717, 1.165) is 4.90 Å². The number of hydrogen-bond donors (Lipinski definition) is 3. The summed E-state index contributed by atoms with van der Waals surface area (Å²) in [5.41, 5.74) is -2.14. The average molecular weight is 519 g/mol. The summed E-state index contributed by atoms with van der Waals surface area (Å²) >= 11 is 0. The van der Waals surface area contributed by atoms with Crippen LogP contribution in [0.25, 0.3) is 0 Å². The van der Waals surface area contributed by atoms with Crippen LogP contribution in [0.15, 0.2) is 29.1 Å². The van der Waals surface area contributed by atoms with Crippen LogP contribution in [0.1, 0.15) is 47.6 Å². The maximum absolute atomic E-state index is 13.2. The van der Waals surface area contributed by atoms with Gasteiger partial charge in [0.05, 0.1) is 18.6 Å². The standard InChI is InChI=1S/C24H24F3N5O5/c25-15-3-1-14(2-4-15)10-28-18(34)16-17(33)20(36)32-8-6-13-5-7-23(9-13,22(32)29-16)30-19(35)21(37)31-11-24(26,27)12-31/h1-4,13,33H,5-12H2,(H,28,34)(H,30,35). The summed E-state index contributed by atoms with van der Waals surface area (Å²) in [5, 5.41) is 15.7. The van der Waals surface area contributed by atoms with Crippen molar-refractivity contribution in [3.05, 3.63) is 57.5 Å². The third-order valence-corrected chi connectivity index (χ3v) is 7.21. The molecular weight excluding hydrogens is 495 g/mol. The van der Waals surface area contributed by atoms with Crippen molar-refractivity contribution in [2.45, 2.75) is 50.2 Å². The van der Waals surface area contributed by atoms with E-state index < -0.39 is 65.1 Å². The summed E-state index contributed by atoms with van der Waals surface area (Å²) in [6, 6.07) is 5.36. The highest BCUT2D eigenvalue weighted by Crippen LogP contribution is 2.45. The summed E-state index contributed by atoms with van der Waals surface area (Å²) in [5.74, 6) is -7.33. The quantitative estimate of drug-likeness (QED) is 0.517. The molecule has 5 rings (SSSR count). The topological polar surface area (TPSA) is 134 Å². The zero-order valence-electron chi connectivity index (χ0n) is 19.6. The molecule has 1 saturated heterocycles. The highest BCUT2D eigenvalue weighted by atomic mass is 19.3. The van der Waals surface area contributed by atoms with Gasteiger partial charge in [0.25, 0.3) is 17.4 Å². The predicted molar refractivity (Wildman–Crippen MR) is 121 cm³/mol. The van der Waals surface area contributed by atoms with E-state index in [0.29, 0.717) is 31.2 Å². The number of likely N-dealkylation sites (tertiary alicyclic amines) is 1. The summed E-state index contributed by atoms with van der Waals surface area (Å²) < 4.78 is 40.7. The molecule has 2 unspecified atom stereocenters. The van der Waals surface area contributed by atoms with Crippen molar-refractivity contribution in [1.82, 2.24) is 25.1 Å². The Morgan fingerprint density at radius 3 is 2.51 bits per heavy atom. The number of halogens is 3. The Morgan fingerprint density at radius 1 is 1.14 bits per heavy atom. The van der Waals surface area contributed by atoms with Crippen molar-refractivity contribution in [1.29, 1.82) is 0 Å². The third kappa shape index (κ3) is 4.53. The highest BCUT2D eigenvalue weighted by Gasteiger charge is 2.51. The Labute approximate surface area is 208 Å². The summed E-state index contributed by atoms with van der Waals surface area (Å²) in [7, 11) is 0. The predicted octanol–water partition coefficient (Wildman–Crippen LogP) is 1.01. The van der Waals surface area contributed by atoms with Crippen molar-refractivity contribution in [2.24, 2.45) is 5.92 Å². The first-order valence-electron chi connectivity index (χ1n) is 11.8. The third-order valence-electron chi connectivity index (χ3n) is 7.21. The van der Waals surface area contributed by atoms with Gasteiger partial charge in [-0.3, -0.25) is 23.7 Å². The number of carbonyl (C=O) groups is 3. The lowest BCUT2D eigenvalue weighted by molar-refractivity contribution is -0.170. The maximum atomic E-state index is 13.2. The SMILES string of the molecule is O=C(NC12CCC(CCn3c1nc(C(=O)NCc1ccc(F)cc1)c(O)c3=O)C2)C(=O)N1CC(F)(F)C1. The normalized spacial score (nSPS) is 23.4. The van der Waals surface area contributed by atoms with Gasteiger partial charge >= 0.3 is 11.8 Å². The first-order valence-corrected chi connectivity index (χ1v) is 11.8.